The number of rotatable bonds is 2. The molecule has 1 fully saturated rings. The zero-order valence-electron chi connectivity index (χ0n) is 9.36. The number of methoxy groups -OCH3 is 1. The maximum atomic E-state index is 5.22. The minimum atomic E-state index is 0.562. The molecule has 2 aromatic rings. The highest BCUT2D eigenvalue weighted by Gasteiger charge is 2.18. The lowest BCUT2D eigenvalue weighted by Crippen LogP contribution is -2.34. The molecule has 0 unspecified atom stereocenters. The lowest BCUT2D eigenvalue weighted by molar-refractivity contribution is 0.383. The molecular weight excluding hydrogens is 198 g/mol. The third-order valence-electron chi connectivity index (χ3n) is 3.30. The van der Waals surface area contributed by atoms with Crippen LogP contribution in [0.15, 0.2) is 36.4 Å². The van der Waals surface area contributed by atoms with E-state index in [4.69, 9.17) is 4.74 Å². The van der Waals surface area contributed by atoms with E-state index in [1.807, 2.05) is 6.07 Å². The van der Waals surface area contributed by atoms with Gasteiger partial charge in [-0.05, 0) is 47.5 Å². The SMILES string of the molecule is COc1ccc2cc([C@H]3CCN3)ccc2c1. The molecule has 0 aromatic heterocycles. The smallest absolute Gasteiger partial charge is 0.119 e. The van der Waals surface area contributed by atoms with Gasteiger partial charge in [-0.2, -0.15) is 0 Å². The van der Waals surface area contributed by atoms with Crippen LogP contribution in [0.2, 0.25) is 0 Å². The van der Waals surface area contributed by atoms with E-state index in [0.717, 1.165) is 12.3 Å². The van der Waals surface area contributed by atoms with Crippen LogP contribution in [-0.2, 0) is 0 Å². The summed E-state index contributed by atoms with van der Waals surface area (Å²) >= 11 is 0. The molecule has 0 aliphatic carbocycles. The molecule has 1 saturated heterocycles. The van der Waals surface area contributed by atoms with Crippen LogP contribution in [0.25, 0.3) is 10.8 Å². The van der Waals surface area contributed by atoms with E-state index < -0.39 is 0 Å². The van der Waals surface area contributed by atoms with Crippen molar-refractivity contribution in [1.29, 1.82) is 0 Å². The largest absolute Gasteiger partial charge is 0.497 e. The van der Waals surface area contributed by atoms with Crippen molar-refractivity contribution in [3.8, 4) is 5.75 Å². The summed E-state index contributed by atoms with van der Waals surface area (Å²) in [6.45, 7) is 1.14. The molecule has 1 N–H and O–H groups in total. The van der Waals surface area contributed by atoms with Gasteiger partial charge in [0.1, 0.15) is 5.75 Å². The Morgan fingerprint density at radius 2 is 1.88 bits per heavy atom. The molecule has 16 heavy (non-hydrogen) atoms. The average molecular weight is 213 g/mol. The lowest BCUT2D eigenvalue weighted by atomic mass is 9.95. The topological polar surface area (TPSA) is 21.3 Å². The van der Waals surface area contributed by atoms with Gasteiger partial charge in [-0.3, -0.25) is 0 Å². The quantitative estimate of drug-likeness (QED) is 0.828. The van der Waals surface area contributed by atoms with Crippen molar-refractivity contribution in [2.24, 2.45) is 0 Å². The first-order valence-electron chi connectivity index (χ1n) is 5.68. The summed E-state index contributed by atoms with van der Waals surface area (Å²) in [7, 11) is 1.70. The molecule has 1 aliphatic rings. The van der Waals surface area contributed by atoms with Crippen LogP contribution in [0, 0.1) is 0 Å². The highest BCUT2D eigenvalue weighted by atomic mass is 16.5. The Morgan fingerprint density at radius 1 is 1.12 bits per heavy atom. The van der Waals surface area contributed by atoms with E-state index in [2.05, 4.69) is 35.6 Å². The van der Waals surface area contributed by atoms with Crippen molar-refractivity contribution in [2.75, 3.05) is 13.7 Å². The van der Waals surface area contributed by atoms with Crippen molar-refractivity contribution in [2.45, 2.75) is 12.5 Å². The number of hydrogen-bond acceptors (Lipinski definition) is 2. The zero-order chi connectivity index (χ0) is 11.0. The summed E-state index contributed by atoms with van der Waals surface area (Å²) in [5.41, 5.74) is 1.39. The van der Waals surface area contributed by atoms with Gasteiger partial charge < -0.3 is 10.1 Å². The van der Waals surface area contributed by atoms with Gasteiger partial charge in [-0.25, -0.2) is 0 Å². The highest BCUT2D eigenvalue weighted by molar-refractivity contribution is 5.84. The minimum absolute atomic E-state index is 0.562. The predicted octanol–water partition coefficient (Wildman–Crippen LogP) is 2.88. The Balaban J connectivity index is 2.04. The molecule has 2 aromatic carbocycles. The van der Waals surface area contributed by atoms with Gasteiger partial charge in [0, 0.05) is 6.04 Å². The Kier molecular flexibility index (Phi) is 2.29. The Bertz CT molecular complexity index is 517. The van der Waals surface area contributed by atoms with E-state index in [0.29, 0.717) is 6.04 Å². The van der Waals surface area contributed by atoms with Crippen molar-refractivity contribution in [3.05, 3.63) is 42.0 Å². The monoisotopic (exact) mass is 213 g/mol. The van der Waals surface area contributed by atoms with Crippen LogP contribution in [0.3, 0.4) is 0 Å². The fraction of sp³-hybridized carbons (Fsp3) is 0.286. The number of ether oxygens (including phenoxy) is 1. The van der Waals surface area contributed by atoms with Crippen LogP contribution in [-0.4, -0.2) is 13.7 Å². The first kappa shape index (κ1) is 9.67. The van der Waals surface area contributed by atoms with Gasteiger partial charge in [-0.15, -0.1) is 0 Å². The molecule has 0 spiro atoms. The van der Waals surface area contributed by atoms with Crippen molar-refractivity contribution >= 4 is 10.8 Å². The molecule has 0 amide bonds. The maximum absolute atomic E-state index is 5.22. The fourth-order valence-electron chi connectivity index (χ4n) is 2.16. The van der Waals surface area contributed by atoms with Crippen molar-refractivity contribution in [1.82, 2.24) is 5.32 Å². The first-order valence-corrected chi connectivity index (χ1v) is 5.68. The van der Waals surface area contributed by atoms with Crippen molar-refractivity contribution < 1.29 is 4.74 Å². The number of nitrogens with one attached hydrogen (secondary N) is 1. The fourth-order valence-corrected chi connectivity index (χ4v) is 2.16. The molecule has 3 rings (SSSR count). The Morgan fingerprint density at radius 3 is 2.56 bits per heavy atom. The van der Waals surface area contributed by atoms with Crippen molar-refractivity contribution in [3.63, 3.8) is 0 Å². The standard InChI is InChI=1S/C14H15NO/c1-16-13-5-4-10-8-12(14-6-7-15-14)3-2-11(10)9-13/h2-5,8-9,14-15H,6-7H2,1H3/t14-/m1/s1. The summed E-state index contributed by atoms with van der Waals surface area (Å²) < 4.78 is 5.22. The van der Waals surface area contributed by atoms with Crippen LogP contribution in [0.1, 0.15) is 18.0 Å². The van der Waals surface area contributed by atoms with E-state index in [1.165, 1.54) is 22.8 Å². The van der Waals surface area contributed by atoms with E-state index in [9.17, 15) is 0 Å². The summed E-state index contributed by atoms with van der Waals surface area (Å²) in [6, 6.07) is 13.4. The molecule has 0 radical (unpaired) electrons. The summed E-state index contributed by atoms with van der Waals surface area (Å²) in [6.07, 6.45) is 1.25. The molecule has 1 atom stereocenters. The van der Waals surface area contributed by atoms with Crippen LogP contribution >= 0.6 is 0 Å². The van der Waals surface area contributed by atoms with Gasteiger partial charge in [0.05, 0.1) is 7.11 Å². The molecule has 82 valence electrons. The second-order valence-corrected chi connectivity index (χ2v) is 4.27. The highest BCUT2D eigenvalue weighted by Crippen LogP contribution is 2.27. The Hall–Kier alpha value is -1.54. The van der Waals surface area contributed by atoms with Crippen LogP contribution in [0.4, 0.5) is 0 Å². The lowest BCUT2D eigenvalue weighted by Gasteiger charge is -2.28. The molecular formula is C14H15NO. The number of benzene rings is 2. The van der Waals surface area contributed by atoms with Crippen LogP contribution in [0.5, 0.6) is 5.75 Å². The predicted molar refractivity (Wildman–Crippen MR) is 65.9 cm³/mol. The normalized spacial score (nSPS) is 19.4. The van der Waals surface area contributed by atoms with Gasteiger partial charge in [-0.1, -0.05) is 18.2 Å². The van der Waals surface area contributed by atoms with E-state index in [-0.39, 0.29) is 0 Å². The van der Waals surface area contributed by atoms with Gasteiger partial charge in [0.15, 0.2) is 0 Å². The van der Waals surface area contributed by atoms with Crippen LogP contribution < -0.4 is 10.1 Å². The Labute approximate surface area is 95.2 Å². The summed E-state index contributed by atoms with van der Waals surface area (Å²) in [5, 5.41) is 5.95. The molecule has 1 aliphatic heterocycles. The number of fused-ring (bicyclic) bond motifs is 1. The maximum Gasteiger partial charge on any atom is 0.119 e. The summed E-state index contributed by atoms with van der Waals surface area (Å²) in [5.74, 6) is 0.919. The minimum Gasteiger partial charge on any atom is -0.497 e. The van der Waals surface area contributed by atoms with Gasteiger partial charge >= 0.3 is 0 Å². The van der Waals surface area contributed by atoms with Gasteiger partial charge in [0.2, 0.25) is 0 Å². The molecule has 0 bridgehead atoms. The van der Waals surface area contributed by atoms with Gasteiger partial charge in [0.25, 0.3) is 0 Å². The second kappa shape index (κ2) is 3.80. The molecule has 2 heteroatoms. The molecule has 0 saturated carbocycles. The number of hydrogen-bond donors (Lipinski definition) is 1. The zero-order valence-corrected chi connectivity index (χ0v) is 9.36. The average Bonchev–Trinajstić information content (AvgIpc) is 2.26. The summed E-state index contributed by atoms with van der Waals surface area (Å²) in [4.78, 5) is 0. The van der Waals surface area contributed by atoms with E-state index >= 15 is 0 Å². The molecule has 2 nitrogen and oxygen atoms in total. The first-order chi connectivity index (χ1) is 7.86. The third-order valence-corrected chi connectivity index (χ3v) is 3.30. The second-order valence-electron chi connectivity index (χ2n) is 4.27. The third kappa shape index (κ3) is 1.55. The molecule has 1 heterocycles. The van der Waals surface area contributed by atoms with E-state index in [1.54, 1.807) is 7.11 Å².